The van der Waals surface area contributed by atoms with Crippen LogP contribution in [0, 0.1) is 0 Å². The van der Waals surface area contributed by atoms with E-state index in [1.807, 2.05) is 19.2 Å². The van der Waals surface area contributed by atoms with Crippen LogP contribution in [0.2, 0.25) is 0 Å². The highest BCUT2D eigenvalue weighted by molar-refractivity contribution is 5.80. The van der Waals surface area contributed by atoms with Crippen LogP contribution in [0.15, 0.2) is 59.6 Å². The molecule has 28 heavy (non-hydrogen) atoms. The van der Waals surface area contributed by atoms with Gasteiger partial charge in [0.1, 0.15) is 12.4 Å². The number of aliphatic imine (C=N–C) groups is 1. The first-order valence-electron chi connectivity index (χ1n) is 10.0. The van der Waals surface area contributed by atoms with Gasteiger partial charge in [0.15, 0.2) is 5.96 Å². The van der Waals surface area contributed by atoms with E-state index in [1.165, 1.54) is 17.5 Å². The molecule has 150 valence electrons. The van der Waals surface area contributed by atoms with E-state index in [-0.39, 0.29) is 0 Å². The fourth-order valence-corrected chi connectivity index (χ4v) is 3.55. The molecule has 0 aliphatic carbocycles. The highest BCUT2D eigenvalue weighted by Gasteiger charge is 2.25. The Balaban J connectivity index is 1.52. The number of likely N-dealkylation sites (tertiary alicyclic amines) is 1. The van der Waals surface area contributed by atoms with E-state index in [9.17, 15) is 0 Å². The minimum atomic E-state index is 0.577. The van der Waals surface area contributed by atoms with Gasteiger partial charge in [-0.25, -0.2) is 0 Å². The highest BCUT2D eigenvalue weighted by Crippen LogP contribution is 2.26. The van der Waals surface area contributed by atoms with Crippen LogP contribution < -0.4 is 10.1 Å². The number of guanidine groups is 1. The molecule has 1 unspecified atom stereocenters. The largest absolute Gasteiger partial charge is 0.492 e. The molecule has 1 aliphatic heterocycles. The molecule has 3 rings (SSSR count). The molecule has 0 aromatic heterocycles. The molecule has 1 N–H and O–H groups in total. The number of ether oxygens (including phenoxy) is 1. The molecule has 1 aliphatic rings. The first-order valence-corrected chi connectivity index (χ1v) is 10.0. The maximum absolute atomic E-state index is 5.84. The summed E-state index contributed by atoms with van der Waals surface area (Å²) in [6, 6.07) is 19.1. The zero-order valence-corrected chi connectivity index (χ0v) is 17.3. The van der Waals surface area contributed by atoms with Crippen molar-refractivity contribution >= 4 is 5.96 Å². The summed E-state index contributed by atoms with van der Waals surface area (Å²) in [5, 5.41) is 3.51. The third-order valence-electron chi connectivity index (χ3n) is 5.13. The maximum Gasteiger partial charge on any atom is 0.193 e. The summed E-state index contributed by atoms with van der Waals surface area (Å²) in [7, 11) is 5.96. The van der Waals surface area contributed by atoms with E-state index < -0.39 is 0 Å². The van der Waals surface area contributed by atoms with Gasteiger partial charge >= 0.3 is 0 Å². The average Bonchev–Trinajstić information content (AvgIpc) is 3.19. The molecule has 5 nitrogen and oxygen atoms in total. The Kier molecular flexibility index (Phi) is 7.31. The average molecular weight is 381 g/mol. The second-order valence-electron chi connectivity index (χ2n) is 7.54. The second kappa shape index (κ2) is 10.1. The van der Waals surface area contributed by atoms with Gasteiger partial charge in [0, 0.05) is 39.1 Å². The van der Waals surface area contributed by atoms with Gasteiger partial charge in [0.2, 0.25) is 0 Å². The monoisotopic (exact) mass is 380 g/mol. The molecule has 2 aromatic rings. The normalized spacial score (nSPS) is 17.2. The number of likely N-dealkylation sites (N-methyl/N-ethyl adjacent to an activating group) is 1. The van der Waals surface area contributed by atoms with Crippen molar-refractivity contribution in [2.75, 3.05) is 47.4 Å². The molecule has 5 heteroatoms. The van der Waals surface area contributed by atoms with E-state index >= 15 is 0 Å². The van der Waals surface area contributed by atoms with Gasteiger partial charge in [0.05, 0.1) is 0 Å². The lowest BCUT2D eigenvalue weighted by atomic mass is 9.99. The number of nitrogens with one attached hydrogen (secondary N) is 1. The van der Waals surface area contributed by atoms with Crippen molar-refractivity contribution in [3.8, 4) is 5.75 Å². The molecular formula is C23H32N4O. The fourth-order valence-electron chi connectivity index (χ4n) is 3.55. The molecule has 0 spiro atoms. The van der Waals surface area contributed by atoms with Crippen molar-refractivity contribution in [3.63, 3.8) is 0 Å². The van der Waals surface area contributed by atoms with Gasteiger partial charge in [0.25, 0.3) is 0 Å². The minimum absolute atomic E-state index is 0.577. The van der Waals surface area contributed by atoms with Gasteiger partial charge in [-0.3, -0.25) is 4.99 Å². The molecule has 1 fully saturated rings. The summed E-state index contributed by atoms with van der Waals surface area (Å²) < 4.78 is 5.84. The van der Waals surface area contributed by atoms with E-state index in [2.05, 4.69) is 76.7 Å². The predicted molar refractivity (Wildman–Crippen MR) is 116 cm³/mol. The van der Waals surface area contributed by atoms with Gasteiger partial charge in [-0.15, -0.1) is 0 Å². The van der Waals surface area contributed by atoms with Crippen LogP contribution in [-0.4, -0.2) is 63.1 Å². The molecule has 2 aromatic carbocycles. The molecule has 1 heterocycles. The number of hydrogen-bond acceptors (Lipinski definition) is 3. The Morgan fingerprint density at radius 2 is 2.00 bits per heavy atom. The maximum atomic E-state index is 5.84. The number of hydrogen-bond donors (Lipinski definition) is 1. The van der Waals surface area contributed by atoms with Crippen molar-refractivity contribution < 1.29 is 4.74 Å². The lowest BCUT2D eigenvalue weighted by molar-refractivity contribution is 0.261. The van der Waals surface area contributed by atoms with E-state index in [1.54, 1.807) is 0 Å². The first kappa shape index (κ1) is 20.2. The standard InChI is InChI=1S/C23H32N4O/c1-24-23(27-13-12-21(18-27)20-9-5-4-6-10-20)25-17-19-8-7-11-22(16-19)28-15-14-26(2)3/h4-11,16,21H,12-15,17-18H2,1-3H3,(H,24,25). The highest BCUT2D eigenvalue weighted by atomic mass is 16.5. The van der Waals surface area contributed by atoms with Crippen LogP contribution in [0.25, 0.3) is 0 Å². The zero-order chi connectivity index (χ0) is 19.8. The zero-order valence-electron chi connectivity index (χ0n) is 17.3. The minimum Gasteiger partial charge on any atom is -0.492 e. The summed E-state index contributed by atoms with van der Waals surface area (Å²) in [6.07, 6.45) is 1.17. The Bertz CT molecular complexity index is 760. The van der Waals surface area contributed by atoms with Crippen LogP contribution in [-0.2, 0) is 6.54 Å². The van der Waals surface area contributed by atoms with Gasteiger partial charge < -0.3 is 19.9 Å². The Hall–Kier alpha value is -2.53. The van der Waals surface area contributed by atoms with Crippen LogP contribution in [0.1, 0.15) is 23.5 Å². The van der Waals surface area contributed by atoms with Crippen molar-refractivity contribution in [3.05, 3.63) is 65.7 Å². The molecule has 1 atom stereocenters. The van der Waals surface area contributed by atoms with Gasteiger partial charge in [-0.2, -0.15) is 0 Å². The number of benzene rings is 2. The first-order chi connectivity index (χ1) is 13.7. The quantitative estimate of drug-likeness (QED) is 0.592. The van der Waals surface area contributed by atoms with Crippen LogP contribution >= 0.6 is 0 Å². The summed E-state index contributed by atoms with van der Waals surface area (Å²) in [5.41, 5.74) is 2.62. The Morgan fingerprint density at radius 1 is 1.18 bits per heavy atom. The van der Waals surface area contributed by atoms with E-state index in [4.69, 9.17) is 4.74 Å². The van der Waals surface area contributed by atoms with Crippen LogP contribution in [0.3, 0.4) is 0 Å². The summed E-state index contributed by atoms with van der Waals surface area (Å²) in [6.45, 7) is 4.39. The number of rotatable bonds is 7. The molecule has 0 bridgehead atoms. The molecule has 0 amide bonds. The van der Waals surface area contributed by atoms with Crippen LogP contribution in [0.4, 0.5) is 0 Å². The van der Waals surface area contributed by atoms with Gasteiger partial charge in [-0.05, 0) is 43.8 Å². The van der Waals surface area contributed by atoms with Crippen molar-refractivity contribution in [1.82, 2.24) is 15.1 Å². The van der Waals surface area contributed by atoms with Crippen molar-refractivity contribution in [1.29, 1.82) is 0 Å². The summed E-state index contributed by atoms with van der Waals surface area (Å²) >= 11 is 0. The van der Waals surface area contributed by atoms with Crippen LogP contribution in [0.5, 0.6) is 5.75 Å². The van der Waals surface area contributed by atoms with Crippen molar-refractivity contribution in [2.24, 2.45) is 4.99 Å². The molecular weight excluding hydrogens is 348 g/mol. The van der Waals surface area contributed by atoms with Gasteiger partial charge in [-0.1, -0.05) is 42.5 Å². The fraction of sp³-hybridized carbons (Fsp3) is 0.435. The third-order valence-corrected chi connectivity index (χ3v) is 5.13. The summed E-state index contributed by atoms with van der Waals surface area (Å²) in [4.78, 5) is 8.97. The second-order valence-corrected chi connectivity index (χ2v) is 7.54. The van der Waals surface area contributed by atoms with E-state index in [0.29, 0.717) is 12.5 Å². The Labute approximate surface area is 169 Å². The summed E-state index contributed by atoms with van der Waals surface area (Å²) in [5.74, 6) is 2.46. The molecule has 0 saturated carbocycles. The molecule has 0 radical (unpaired) electrons. The lowest BCUT2D eigenvalue weighted by Crippen LogP contribution is -2.39. The van der Waals surface area contributed by atoms with E-state index in [0.717, 1.165) is 37.9 Å². The smallest absolute Gasteiger partial charge is 0.193 e. The topological polar surface area (TPSA) is 40.1 Å². The van der Waals surface area contributed by atoms with Crippen molar-refractivity contribution in [2.45, 2.75) is 18.9 Å². The predicted octanol–water partition coefficient (Wildman–Crippen LogP) is 3.19. The SMILES string of the molecule is CN=C(NCc1cccc(OCCN(C)C)c1)N1CCC(c2ccccc2)C1. The Morgan fingerprint density at radius 3 is 2.75 bits per heavy atom. The lowest BCUT2D eigenvalue weighted by Gasteiger charge is -2.22. The third kappa shape index (κ3) is 5.73. The molecule has 1 saturated heterocycles. The number of nitrogens with zero attached hydrogens (tertiary/aromatic N) is 3.